The highest BCUT2D eigenvalue weighted by Gasteiger charge is 2.34. The molecule has 0 spiro atoms. The highest BCUT2D eigenvalue weighted by Crippen LogP contribution is 2.56. The summed E-state index contributed by atoms with van der Waals surface area (Å²) in [6.45, 7) is 4.60. The van der Waals surface area contributed by atoms with Crippen molar-refractivity contribution in [3.63, 3.8) is 0 Å². The predicted octanol–water partition coefficient (Wildman–Crippen LogP) is 12.2. The Morgan fingerprint density at radius 1 is 0.426 bits per heavy atom. The third-order valence-corrected chi connectivity index (χ3v) is 10.3. The van der Waals surface area contributed by atoms with Gasteiger partial charge in [0.25, 0.3) is 0 Å². The summed E-state index contributed by atoms with van der Waals surface area (Å²) in [5.74, 6) is 0. The van der Waals surface area contributed by atoms with Crippen LogP contribution in [0.15, 0.2) is 152 Å². The second-order valence-electron chi connectivity index (χ2n) is 12.9. The molecule has 2 aliphatic carbocycles. The van der Waals surface area contributed by atoms with Gasteiger partial charge in [-0.2, -0.15) is 0 Å². The van der Waals surface area contributed by atoms with E-state index in [1.807, 2.05) is 0 Å². The number of aryl methyl sites for hydroxylation is 1. The molecule has 1 heteroatoms. The zero-order valence-corrected chi connectivity index (χ0v) is 26.8. The molecule has 47 heavy (non-hydrogen) atoms. The second-order valence-corrected chi connectivity index (χ2v) is 12.9. The first-order valence-electron chi connectivity index (χ1n) is 16.6. The molecule has 2 aliphatic rings. The highest BCUT2D eigenvalue weighted by molar-refractivity contribution is 6.04. The third-order valence-electron chi connectivity index (χ3n) is 10.3. The molecule has 0 saturated carbocycles. The van der Waals surface area contributed by atoms with Gasteiger partial charge in [0.15, 0.2) is 0 Å². The summed E-state index contributed by atoms with van der Waals surface area (Å²) in [7, 11) is 0. The molecule has 1 nitrogen and oxygen atoms in total. The number of anilines is 3. The van der Waals surface area contributed by atoms with Crippen LogP contribution in [0, 0.1) is 13.8 Å². The van der Waals surface area contributed by atoms with E-state index in [9.17, 15) is 0 Å². The van der Waals surface area contributed by atoms with E-state index in [2.05, 4.69) is 170 Å². The maximum atomic E-state index is 2.63. The molecule has 0 aromatic heterocycles. The molecular formula is C46H35N. The van der Waals surface area contributed by atoms with Gasteiger partial charge in [-0.25, -0.2) is 0 Å². The number of para-hydroxylation sites is 1. The summed E-state index contributed by atoms with van der Waals surface area (Å²) in [4.78, 5) is 2.63. The summed E-state index contributed by atoms with van der Waals surface area (Å²) in [5, 5.41) is 0. The monoisotopic (exact) mass is 601 g/mol. The smallest absolute Gasteiger partial charge is 0.0588 e. The minimum absolute atomic E-state index is 0.895. The van der Waals surface area contributed by atoms with Crippen LogP contribution < -0.4 is 4.90 Å². The number of hydrogen-bond donors (Lipinski definition) is 0. The van der Waals surface area contributed by atoms with E-state index in [0.717, 1.165) is 12.8 Å². The van der Waals surface area contributed by atoms with Gasteiger partial charge in [-0.1, -0.05) is 133 Å². The third kappa shape index (κ3) is 4.38. The topological polar surface area (TPSA) is 3.24 Å². The largest absolute Gasteiger partial charge is 0.309 e. The SMILES string of the molecule is Cc1cc2c(c(N(c3ccccc3)c3c4c(cc(-c5ccccc5)c3-c3ccccc3)-c3ccccc3C4)c1C)Cc1ccccc1-2. The van der Waals surface area contributed by atoms with E-state index in [1.54, 1.807) is 0 Å². The maximum Gasteiger partial charge on any atom is 0.0588 e. The van der Waals surface area contributed by atoms with Crippen LogP contribution in [-0.4, -0.2) is 0 Å². The van der Waals surface area contributed by atoms with E-state index in [0.29, 0.717) is 0 Å². The van der Waals surface area contributed by atoms with Crippen LogP contribution >= 0.6 is 0 Å². The maximum absolute atomic E-state index is 2.63. The molecule has 0 unspecified atom stereocenters. The molecule has 0 saturated heterocycles. The molecule has 9 rings (SSSR count). The van der Waals surface area contributed by atoms with Crippen LogP contribution in [0.3, 0.4) is 0 Å². The highest BCUT2D eigenvalue weighted by atomic mass is 15.2. The van der Waals surface area contributed by atoms with Gasteiger partial charge < -0.3 is 4.90 Å². The van der Waals surface area contributed by atoms with Crippen molar-refractivity contribution in [3.05, 3.63) is 185 Å². The first kappa shape index (κ1) is 27.6. The van der Waals surface area contributed by atoms with Crippen molar-refractivity contribution < 1.29 is 0 Å². The molecule has 0 atom stereocenters. The van der Waals surface area contributed by atoms with E-state index >= 15 is 0 Å². The number of nitrogens with zero attached hydrogens (tertiary/aromatic N) is 1. The number of fused-ring (bicyclic) bond motifs is 6. The molecule has 0 radical (unpaired) electrons. The molecule has 0 aliphatic heterocycles. The van der Waals surface area contributed by atoms with Crippen LogP contribution in [0.25, 0.3) is 44.5 Å². The summed E-state index contributed by atoms with van der Waals surface area (Å²) < 4.78 is 0. The Balaban J connectivity index is 1.46. The molecular weight excluding hydrogens is 567 g/mol. The van der Waals surface area contributed by atoms with Gasteiger partial charge in [-0.15, -0.1) is 0 Å². The summed E-state index contributed by atoms with van der Waals surface area (Å²) in [6.07, 6.45) is 1.82. The van der Waals surface area contributed by atoms with Crippen molar-refractivity contribution in [3.8, 4) is 44.5 Å². The standard InChI is InChI=1S/C46H35N/c1-30-26-40-37-24-14-12-20-34(37)27-42(40)45(31(30)2)47(36-22-10-5-11-23-36)46-43-28-35-21-13-15-25-38(35)41(43)29-39(32-16-6-3-7-17-32)44(46)33-18-8-4-9-19-33/h3-26,29H,27-28H2,1-2H3. The van der Waals surface area contributed by atoms with Crippen LogP contribution in [-0.2, 0) is 12.8 Å². The van der Waals surface area contributed by atoms with Crippen molar-refractivity contribution in [2.75, 3.05) is 4.90 Å². The first-order chi connectivity index (χ1) is 23.2. The fraction of sp³-hybridized carbons (Fsp3) is 0.0870. The van der Waals surface area contributed by atoms with Crippen molar-refractivity contribution in [1.29, 1.82) is 0 Å². The Morgan fingerprint density at radius 3 is 1.53 bits per heavy atom. The van der Waals surface area contributed by atoms with E-state index in [4.69, 9.17) is 0 Å². The van der Waals surface area contributed by atoms with Gasteiger partial charge >= 0.3 is 0 Å². The Morgan fingerprint density at radius 2 is 0.915 bits per heavy atom. The zero-order valence-electron chi connectivity index (χ0n) is 26.8. The Bertz CT molecular complexity index is 2300. The molecule has 7 aromatic rings. The van der Waals surface area contributed by atoms with Crippen molar-refractivity contribution >= 4 is 17.1 Å². The molecule has 0 heterocycles. The minimum atomic E-state index is 0.895. The lowest BCUT2D eigenvalue weighted by Crippen LogP contribution is -2.17. The molecule has 224 valence electrons. The van der Waals surface area contributed by atoms with Crippen LogP contribution in [0.2, 0.25) is 0 Å². The number of rotatable bonds is 5. The molecule has 0 bridgehead atoms. The number of benzene rings is 7. The van der Waals surface area contributed by atoms with Crippen molar-refractivity contribution in [2.24, 2.45) is 0 Å². The van der Waals surface area contributed by atoms with Gasteiger partial charge in [0, 0.05) is 24.1 Å². The lowest BCUT2D eigenvalue weighted by molar-refractivity contribution is 1.14. The van der Waals surface area contributed by atoms with Crippen LogP contribution in [0.1, 0.15) is 33.4 Å². The van der Waals surface area contributed by atoms with E-state index in [-0.39, 0.29) is 0 Å². The second kappa shape index (κ2) is 11.0. The fourth-order valence-electron chi connectivity index (χ4n) is 7.99. The average molecular weight is 602 g/mol. The lowest BCUT2D eigenvalue weighted by atomic mass is 9.86. The van der Waals surface area contributed by atoms with Crippen LogP contribution in [0.4, 0.5) is 17.1 Å². The van der Waals surface area contributed by atoms with Crippen LogP contribution in [0.5, 0.6) is 0 Å². The quantitative estimate of drug-likeness (QED) is 0.190. The fourth-order valence-corrected chi connectivity index (χ4v) is 7.99. The summed E-state index contributed by atoms with van der Waals surface area (Å²) in [6, 6.07) is 55.9. The van der Waals surface area contributed by atoms with Gasteiger partial charge in [0.2, 0.25) is 0 Å². The minimum Gasteiger partial charge on any atom is -0.309 e. The van der Waals surface area contributed by atoms with E-state index < -0.39 is 0 Å². The van der Waals surface area contributed by atoms with Gasteiger partial charge in [0.1, 0.15) is 0 Å². The normalized spacial score (nSPS) is 12.3. The van der Waals surface area contributed by atoms with E-state index in [1.165, 1.54) is 95.0 Å². The Kier molecular flexibility index (Phi) is 6.47. The van der Waals surface area contributed by atoms with Gasteiger partial charge in [0.05, 0.1) is 11.4 Å². The van der Waals surface area contributed by atoms with Crippen molar-refractivity contribution in [1.82, 2.24) is 0 Å². The molecule has 0 fully saturated rings. The Hall–Kier alpha value is -5.66. The van der Waals surface area contributed by atoms with Gasteiger partial charge in [-0.3, -0.25) is 0 Å². The first-order valence-corrected chi connectivity index (χ1v) is 16.6. The number of hydrogen-bond acceptors (Lipinski definition) is 1. The molecule has 0 N–H and O–H groups in total. The summed E-state index contributed by atoms with van der Waals surface area (Å²) in [5.41, 5.74) is 22.4. The lowest BCUT2D eigenvalue weighted by Gasteiger charge is -2.34. The predicted molar refractivity (Wildman–Crippen MR) is 198 cm³/mol. The molecule has 0 amide bonds. The zero-order chi connectivity index (χ0) is 31.5. The van der Waals surface area contributed by atoms with Gasteiger partial charge in [-0.05, 0) is 104 Å². The Labute approximate surface area is 277 Å². The average Bonchev–Trinajstić information content (AvgIpc) is 3.69. The summed E-state index contributed by atoms with van der Waals surface area (Å²) >= 11 is 0. The van der Waals surface area contributed by atoms with Crippen molar-refractivity contribution in [2.45, 2.75) is 26.7 Å². The molecule has 7 aromatic carbocycles.